The van der Waals surface area contributed by atoms with Crippen molar-refractivity contribution < 1.29 is 8.83 Å². The van der Waals surface area contributed by atoms with Gasteiger partial charge in [-0.2, -0.15) is 0 Å². The van der Waals surface area contributed by atoms with Gasteiger partial charge in [0, 0.05) is 38.6 Å². The van der Waals surface area contributed by atoms with Crippen LogP contribution < -0.4 is 4.90 Å². The van der Waals surface area contributed by atoms with E-state index < -0.39 is 0 Å². The average Bonchev–Trinajstić information content (AvgIpc) is 3.91. The Balaban J connectivity index is 0.974. The first kappa shape index (κ1) is 34.9. The van der Waals surface area contributed by atoms with E-state index in [9.17, 15) is 0 Å². The molecule has 0 atom stereocenters. The summed E-state index contributed by atoms with van der Waals surface area (Å²) in [5.74, 6) is 0. The number of furan rings is 2. The van der Waals surface area contributed by atoms with Crippen LogP contribution in [-0.4, -0.2) is 0 Å². The van der Waals surface area contributed by atoms with Crippen LogP contribution in [0.4, 0.5) is 17.1 Å². The lowest BCUT2D eigenvalue weighted by Gasteiger charge is -2.27. The fourth-order valence-corrected chi connectivity index (χ4v) is 9.22. The number of para-hydroxylation sites is 2. The molecule has 0 aliphatic carbocycles. The summed E-state index contributed by atoms with van der Waals surface area (Å²) in [5.41, 5.74) is 16.0. The lowest BCUT2D eigenvalue weighted by molar-refractivity contribution is 0.668. The molecule has 12 rings (SSSR count). The highest BCUT2D eigenvalue weighted by Crippen LogP contribution is 2.43. The van der Waals surface area contributed by atoms with E-state index in [2.05, 4.69) is 205 Å². The summed E-state index contributed by atoms with van der Waals surface area (Å²) < 4.78 is 12.6. The Hall–Kier alpha value is -8.14. The van der Waals surface area contributed by atoms with Crippen molar-refractivity contribution in [1.82, 2.24) is 0 Å². The van der Waals surface area contributed by atoms with Gasteiger partial charge >= 0.3 is 0 Å². The largest absolute Gasteiger partial charge is 0.456 e. The number of anilines is 3. The van der Waals surface area contributed by atoms with Crippen molar-refractivity contribution in [2.24, 2.45) is 0 Å². The van der Waals surface area contributed by atoms with E-state index in [1.807, 2.05) is 24.3 Å². The second kappa shape index (κ2) is 14.3. The molecule has 3 nitrogen and oxygen atoms in total. The maximum absolute atomic E-state index is 6.31. The van der Waals surface area contributed by atoms with Crippen molar-refractivity contribution in [1.29, 1.82) is 0 Å². The Morgan fingerprint density at radius 1 is 0.262 bits per heavy atom. The van der Waals surface area contributed by atoms with Crippen molar-refractivity contribution in [2.75, 3.05) is 4.90 Å². The van der Waals surface area contributed by atoms with Crippen LogP contribution in [0.5, 0.6) is 0 Å². The van der Waals surface area contributed by atoms with Crippen LogP contribution in [-0.2, 0) is 0 Å². The number of rotatable bonds is 7. The van der Waals surface area contributed by atoms with Gasteiger partial charge in [0.2, 0.25) is 0 Å². The van der Waals surface area contributed by atoms with Crippen molar-refractivity contribution >= 4 is 71.7 Å². The van der Waals surface area contributed by atoms with Crippen LogP contribution in [0.1, 0.15) is 0 Å². The monoisotopic (exact) mass is 779 g/mol. The molecule has 0 saturated carbocycles. The van der Waals surface area contributed by atoms with Gasteiger partial charge in [-0.05, 0) is 116 Å². The predicted octanol–water partition coefficient (Wildman–Crippen LogP) is 16.8. The van der Waals surface area contributed by atoms with E-state index in [1.54, 1.807) is 0 Å². The molecule has 2 heterocycles. The zero-order chi connectivity index (χ0) is 40.3. The van der Waals surface area contributed by atoms with Gasteiger partial charge in [-0.15, -0.1) is 0 Å². The van der Waals surface area contributed by atoms with Crippen LogP contribution in [0.3, 0.4) is 0 Å². The number of hydrogen-bond donors (Lipinski definition) is 0. The molecule has 0 aliphatic rings. The molecule has 12 aromatic rings. The number of nitrogens with zero attached hydrogens (tertiary/aromatic N) is 1. The van der Waals surface area contributed by atoms with Gasteiger partial charge in [-0.3, -0.25) is 0 Å². The highest BCUT2D eigenvalue weighted by Gasteiger charge is 2.19. The van der Waals surface area contributed by atoms with Gasteiger partial charge in [-0.25, -0.2) is 0 Å². The van der Waals surface area contributed by atoms with E-state index >= 15 is 0 Å². The molecule has 0 spiro atoms. The normalized spacial score (nSPS) is 11.6. The lowest BCUT2D eigenvalue weighted by Crippen LogP contribution is -2.10. The van der Waals surface area contributed by atoms with Gasteiger partial charge in [0.25, 0.3) is 0 Å². The fourth-order valence-electron chi connectivity index (χ4n) is 9.22. The molecule has 0 unspecified atom stereocenters. The molecule has 3 heteroatoms. The first-order valence-corrected chi connectivity index (χ1v) is 20.7. The molecule has 2 aromatic heterocycles. The Labute approximate surface area is 353 Å². The summed E-state index contributed by atoms with van der Waals surface area (Å²) in [4.78, 5) is 2.36. The molecule has 10 aromatic carbocycles. The molecule has 0 saturated heterocycles. The van der Waals surface area contributed by atoms with E-state index in [0.29, 0.717) is 0 Å². The third kappa shape index (κ3) is 5.98. The second-order valence-electron chi connectivity index (χ2n) is 15.6. The molecule has 61 heavy (non-hydrogen) atoms. The van der Waals surface area contributed by atoms with Crippen LogP contribution in [0.15, 0.2) is 233 Å². The summed E-state index contributed by atoms with van der Waals surface area (Å²) in [6.45, 7) is 0. The molecule has 0 amide bonds. The Kier molecular flexibility index (Phi) is 8.17. The van der Waals surface area contributed by atoms with Crippen molar-refractivity contribution in [2.45, 2.75) is 0 Å². The third-order valence-electron chi connectivity index (χ3n) is 12.1. The minimum absolute atomic E-state index is 0.885. The number of fused-ring (bicyclic) bond motifs is 7. The number of benzene rings is 10. The smallest absolute Gasteiger partial charge is 0.136 e. The van der Waals surface area contributed by atoms with Crippen molar-refractivity contribution in [3.63, 3.8) is 0 Å². The predicted molar refractivity (Wildman–Crippen MR) is 255 cm³/mol. The fraction of sp³-hybridized carbons (Fsp3) is 0. The van der Waals surface area contributed by atoms with Gasteiger partial charge in [-0.1, -0.05) is 164 Å². The minimum atomic E-state index is 0.885. The standard InChI is InChI=1S/C58H37NO2/c1-2-18-47-40(12-1)13-9-21-48(47)41-30-28-38(29-31-41)39-32-34-44(35-33-39)59(45-16-7-14-42(36-45)49-22-10-26-55-57(49)51-19-3-5-24-53(51)60-55)46-17-8-15-43(37-46)50-23-11-27-56-58(50)52-20-4-6-25-54(52)61-56/h1-37H. The summed E-state index contributed by atoms with van der Waals surface area (Å²) in [6.07, 6.45) is 0. The van der Waals surface area contributed by atoms with Crippen LogP contribution in [0, 0.1) is 0 Å². The second-order valence-corrected chi connectivity index (χ2v) is 15.6. The van der Waals surface area contributed by atoms with E-state index in [4.69, 9.17) is 8.83 Å². The Morgan fingerprint density at radius 2 is 0.689 bits per heavy atom. The SMILES string of the molecule is c1cc(-c2cccc3oc4ccccc4c23)cc(N(c2ccc(-c3ccc(-c4cccc5ccccc45)cc3)cc2)c2cccc(-c3cccc4oc5ccccc5c34)c2)c1. The first-order chi connectivity index (χ1) is 30.2. The molecular weight excluding hydrogens is 743 g/mol. The van der Waals surface area contributed by atoms with Crippen LogP contribution in [0.25, 0.3) is 99.2 Å². The quantitative estimate of drug-likeness (QED) is 0.161. The summed E-state index contributed by atoms with van der Waals surface area (Å²) >= 11 is 0. The summed E-state index contributed by atoms with van der Waals surface area (Å²) in [5, 5.41) is 6.99. The highest BCUT2D eigenvalue weighted by molar-refractivity contribution is 6.14. The van der Waals surface area contributed by atoms with Gasteiger partial charge < -0.3 is 13.7 Å². The molecule has 286 valence electrons. The van der Waals surface area contributed by atoms with Crippen molar-refractivity contribution in [3.8, 4) is 44.5 Å². The minimum Gasteiger partial charge on any atom is -0.456 e. The summed E-state index contributed by atoms with van der Waals surface area (Å²) in [7, 11) is 0. The van der Waals surface area contributed by atoms with Crippen LogP contribution >= 0.6 is 0 Å². The Morgan fingerprint density at radius 3 is 1.28 bits per heavy atom. The zero-order valence-electron chi connectivity index (χ0n) is 33.1. The molecule has 0 radical (unpaired) electrons. The maximum atomic E-state index is 6.31. The zero-order valence-corrected chi connectivity index (χ0v) is 33.1. The molecule has 0 N–H and O–H groups in total. The summed E-state index contributed by atoms with van der Waals surface area (Å²) in [6, 6.07) is 80.0. The van der Waals surface area contributed by atoms with E-state index in [1.165, 1.54) is 27.5 Å². The van der Waals surface area contributed by atoms with Crippen molar-refractivity contribution in [3.05, 3.63) is 224 Å². The molecule has 0 fully saturated rings. The highest BCUT2D eigenvalue weighted by atomic mass is 16.3. The number of hydrogen-bond acceptors (Lipinski definition) is 3. The average molecular weight is 780 g/mol. The van der Waals surface area contributed by atoms with Crippen LogP contribution in [0.2, 0.25) is 0 Å². The van der Waals surface area contributed by atoms with Gasteiger partial charge in [0.05, 0.1) is 0 Å². The topological polar surface area (TPSA) is 29.5 Å². The molecule has 0 aliphatic heterocycles. The Bertz CT molecular complexity index is 3430. The van der Waals surface area contributed by atoms with E-state index in [-0.39, 0.29) is 0 Å². The third-order valence-corrected chi connectivity index (χ3v) is 12.1. The first-order valence-electron chi connectivity index (χ1n) is 20.7. The lowest BCUT2D eigenvalue weighted by atomic mass is 9.96. The maximum Gasteiger partial charge on any atom is 0.136 e. The molecule has 0 bridgehead atoms. The van der Waals surface area contributed by atoms with Gasteiger partial charge in [0.1, 0.15) is 22.3 Å². The van der Waals surface area contributed by atoms with Gasteiger partial charge in [0.15, 0.2) is 0 Å². The molecular formula is C58H37NO2. The van der Waals surface area contributed by atoms with E-state index in [0.717, 1.165) is 88.8 Å².